The number of benzene rings is 1. The molecule has 32 heavy (non-hydrogen) atoms. The monoisotopic (exact) mass is 458 g/mol. The summed E-state index contributed by atoms with van der Waals surface area (Å²) in [5.41, 5.74) is 2.44. The summed E-state index contributed by atoms with van der Waals surface area (Å²) >= 11 is 0. The van der Waals surface area contributed by atoms with Gasteiger partial charge in [-0.25, -0.2) is 13.2 Å². The van der Waals surface area contributed by atoms with Gasteiger partial charge in [0.15, 0.2) is 6.61 Å². The van der Waals surface area contributed by atoms with Crippen molar-refractivity contribution in [1.82, 2.24) is 8.87 Å². The van der Waals surface area contributed by atoms with Crippen molar-refractivity contribution in [2.45, 2.75) is 51.0 Å². The zero-order valence-electron chi connectivity index (χ0n) is 18.7. The number of ketones is 1. The van der Waals surface area contributed by atoms with Gasteiger partial charge in [0.05, 0.1) is 10.5 Å². The third kappa shape index (κ3) is 5.19. The Hall–Kier alpha value is -2.71. The minimum absolute atomic E-state index is 0.154. The number of sulfonamides is 1. The number of rotatable bonds is 8. The average Bonchev–Trinajstić information content (AvgIpc) is 2.97. The highest BCUT2D eigenvalue weighted by Crippen LogP contribution is 2.21. The number of allylic oxidation sites excluding steroid dienone is 1. The summed E-state index contributed by atoms with van der Waals surface area (Å²) in [6.45, 7) is 8.71. The number of carbonyl (C=O) groups is 2. The molecule has 1 aliphatic heterocycles. The molecule has 0 radical (unpaired) electrons. The molecule has 3 rings (SSSR count). The second-order valence-electron chi connectivity index (χ2n) is 8.03. The molecule has 0 spiro atoms. The summed E-state index contributed by atoms with van der Waals surface area (Å²) in [6.07, 6.45) is 5.54. The Morgan fingerprint density at radius 1 is 1.06 bits per heavy atom. The van der Waals surface area contributed by atoms with E-state index in [2.05, 4.69) is 6.58 Å². The number of carbonyl (C=O) groups excluding carboxylic acids is 2. The van der Waals surface area contributed by atoms with Crippen LogP contribution in [-0.2, 0) is 21.3 Å². The van der Waals surface area contributed by atoms with Crippen LogP contribution in [0.15, 0.2) is 47.9 Å². The first-order chi connectivity index (χ1) is 15.3. The SMILES string of the molecule is C=CCn1c(C)cc(C(=O)COC(=O)c2ccc(S(=O)(=O)N3CCCCCC3)cc2)c1C. The van der Waals surface area contributed by atoms with E-state index in [1.54, 1.807) is 12.1 Å². The van der Waals surface area contributed by atoms with Gasteiger partial charge >= 0.3 is 5.97 Å². The molecule has 1 aromatic carbocycles. The summed E-state index contributed by atoms with van der Waals surface area (Å²) in [5.74, 6) is -0.959. The third-order valence-corrected chi connectivity index (χ3v) is 7.73. The van der Waals surface area contributed by atoms with Crippen LogP contribution in [0.25, 0.3) is 0 Å². The zero-order chi connectivity index (χ0) is 23.3. The highest BCUT2D eigenvalue weighted by molar-refractivity contribution is 7.89. The van der Waals surface area contributed by atoms with Crippen molar-refractivity contribution in [2.24, 2.45) is 0 Å². The van der Waals surface area contributed by atoms with Gasteiger partial charge in [0, 0.05) is 36.6 Å². The molecule has 1 aliphatic rings. The lowest BCUT2D eigenvalue weighted by molar-refractivity contribution is 0.0474. The van der Waals surface area contributed by atoms with E-state index in [9.17, 15) is 18.0 Å². The quantitative estimate of drug-likeness (QED) is 0.340. The van der Waals surface area contributed by atoms with Crippen LogP contribution in [-0.4, -0.2) is 48.7 Å². The lowest BCUT2D eigenvalue weighted by Gasteiger charge is -2.19. The number of hydrogen-bond donors (Lipinski definition) is 0. The number of esters is 1. The van der Waals surface area contributed by atoms with Crippen molar-refractivity contribution in [3.05, 3.63) is 65.5 Å². The van der Waals surface area contributed by atoms with Gasteiger partial charge in [-0.15, -0.1) is 6.58 Å². The van der Waals surface area contributed by atoms with Crippen molar-refractivity contribution in [1.29, 1.82) is 0 Å². The molecule has 7 nitrogen and oxygen atoms in total. The number of hydrogen-bond acceptors (Lipinski definition) is 5. The fraction of sp³-hybridized carbons (Fsp3) is 0.417. The van der Waals surface area contributed by atoms with Crippen LogP contribution in [0.4, 0.5) is 0 Å². The van der Waals surface area contributed by atoms with Crippen LogP contribution in [0, 0.1) is 13.8 Å². The predicted molar refractivity (Wildman–Crippen MR) is 122 cm³/mol. The van der Waals surface area contributed by atoms with E-state index in [-0.39, 0.29) is 22.8 Å². The lowest BCUT2D eigenvalue weighted by atomic mass is 10.1. The Bertz CT molecular complexity index is 1090. The molecule has 0 amide bonds. The Morgan fingerprint density at radius 2 is 1.69 bits per heavy atom. The van der Waals surface area contributed by atoms with E-state index in [1.165, 1.54) is 28.6 Å². The maximum atomic E-state index is 12.9. The van der Waals surface area contributed by atoms with Crippen LogP contribution in [0.1, 0.15) is 57.8 Å². The van der Waals surface area contributed by atoms with E-state index in [0.29, 0.717) is 25.2 Å². The highest BCUT2D eigenvalue weighted by Gasteiger charge is 2.25. The fourth-order valence-electron chi connectivity index (χ4n) is 3.98. The summed E-state index contributed by atoms with van der Waals surface area (Å²) < 4.78 is 34.4. The van der Waals surface area contributed by atoms with Gasteiger partial charge in [0.1, 0.15) is 0 Å². The second kappa shape index (κ2) is 10.3. The first kappa shape index (κ1) is 23.9. The number of nitrogens with zero attached hydrogens (tertiary/aromatic N) is 2. The summed E-state index contributed by atoms with van der Waals surface area (Å²) in [7, 11) is -3.58. The van der Waals surface area contributed by atoms with Gasteiger partial charge in [-0.2, -0.15) is 4.31 Å². The molecular weight excluding hydrogens is 428 g/mol. The molecule has 1 aromatic heterocycles. The zero-order valence-corrected chi connectivity index (χ0v) is 19.5. The Labute approximate surface area is 189 Å². The number of Topliss-reactive ketones (excluding diaryl/α,β-unsaturated/α-hetero) is 1. The Morgan fingerprint density at radius 3 is 2.28 bits per heavy atom. The molecular formula is C24H30N2O5S. The molecule has 1 fully saturated rings. The third-order valence-electron chi connectivity index (χ3n) is 5.81. The molecule has 0 atom stereocenters. The maximum absolute atomic E-state index is 12.9. The van der Waals surface area contributed by atoms with Crippen molar-refractivity contribution in [2.75, 3.05) is 19.7 Å². The lowest BCUT2D eigenvalue weighted by Crippen LogP contribution is -2.31. The van der Waals surface area contributed by atoms with E-state index in [0.717, 1.165) is 37.1 Å². The number of aromatic nitrogens is 1. The molecule has 1 saturated heterocycles. The first-order valence-electron chi connectivity index (χ1n) is 10.8. The van der Waals surface area contributed by atoms with Crippen molar-refractivity contribution in [3.8, 4) is 0 Å². The van der Waals surface area contributed by atoms with E-state index in [1.807, 2.05) is 18.4 Å². The molecule has 0 unspecified atom stereocenters. The van der Waals surface area contributed by atoms with Gasteiger partial charge in [0.25, 0.3) is 0 Å². The summed E-state index contributed by atoms with van der Waals surface area (Å²) in [4.78, 5) is 25.1. The Balaban J connectivity index is 1.64. The van der Waals surface area contributed by atoms with Gasteiger partial charge < -0.3 is 9.30 Å². The second-order valence-corrected chi connectivity index (χ2v) is 9.96. The first-order valence-corrected chi connectivity index (χ1v) is 12.3. The van der Waals surface area contributed by atoms with Crippen LogP contribution in [0.2, 0.25) is 0 Å². The van der Waals surface area contributed by atoms with Gasteiger partial charge in [0.2, 0.25) is 15.8 Å². The van der Waals surface area contributed by atoms with Crippen LogP contribution in [0.5, 0.6) is 0 Å². The van der Waals surface area contributed by atoms with Gasteiger partial charge in [-0.1, -0.05) is 18.9 Å². The van der Waals surface area contributed by atoms with Crippen molar-refractivity contribution >= 4 is 21.8 Å². The molecule has 172 valence electrons. The van der Waals surface area contributed by atoms with E-state index < -0.39 is 16.0 Å². The van der Waals surface area contributed by atoms with E-state index in [4.69, 9.17) is 4.74 Å². The minimum atomic E-state index is -3.58. The number of ether oxygens (including phenoxy) is 1. The van der Waals surface area contributed by atoms with Crippen molar-refractivity contribution in [3.63, 3.8) is 0 Å². The number of aryl methyl sites for hydroxylation is 1. The predicted octanol–water partition coefficient (Wildman–Crippen LogP) is 3.90. The average molecular weight is 459 g/mol. The van der Waals surface area contributed by atoms with Crippen LogP contribution in [0.3, 0.4) is 0 Å². The molecule has 8 heteroatoms. The van der Waals surface area contributed by atoms with E-state index >= 15 is 0 Å². The molecule has 2 aromatic rings. The highest BCUT2D eigenvalue weighted by atomic mass is 32.2. The molecule has 0 saturated carbocycles. The summed E-state index contributed by atoms with van der Waals surface area (Å²) in [6, 6.07) is 7.46. The van der Waals surface area contributed by atoms with Gasteiger partial charge in [-0.3, -0.25) is 4.79 Å². The Kier molecular flexibility index (Phi) is 7.69. The minimum Gasteiger partial charge on any atom is -0.454 e. The van der Waals surface area contributed by atoms with Crippen LogP contribution < -0.4 is 0 Å². The molecule has 0 N–H and O–H groups in total. The van der Waals surface area contributed by atoms with Crippen LogP contribution >= 0.6 is 0 Å². The fourth-order valence-corrected chi connectivity index (χ4v) is 5.50. The standard InChI is InChI=1S/C24H30N2O5S/c1-4-13-26-18(2)16-22(19(26)3)23(27)17-31-24(28)20-9-11-21(12-10-20)32(29,30)25-14-7-5-6-8-15-25/h4,9-12,16H,1,5-8,13-15,17H2,2-3H3. The topological polar surface area (TPSA) is 85.7 Å². The molecule has 2 heterocycles. The summed E-state index contributed by atoms with van der Waals surface area (Å²) in [5, 5.41) is 0. The van der Waals surface area contributed by atoms with Crippen molar-refractivity contribution < 1.29 is 22.7 Å². The normalized spacial score (nSPS) is 15.2. The van der Waals surface area contributed by atoms with Gasteiger partial charge in [-0.05, 0) is 57.0 Å². The largest absolute Gasteiger partial charge is 0.454 e. The smallest absolute Gasteiger partial charge is 0.338 e. The maximum Gasteiger partial charge on any atom is 0.338 e. The molecule has 0 bridgehead atoms. The molecule has 0 aliphatic carbocycles.